The number of fused-ring (bicyclic) bond motifs is 1. The molecule has 0 atom stereocenters. The number of carbonyl (C=O) groups is 1. The summed E-state index contributed by atoms with van der Waals surface area (Å²) < 4.78 is 3.01. The average Bonchev–Trinajstić information content (AvgIpc) is 2.45. The van der Waals surface area contributed by atoms with E-state index in [0.29, 0.717) is 0 Å². The first-order valence-corrected chi connectivity index (χ1v) is 5.13. The Balaban J connectivity index is 2.90. The molecule has 0 N–H and O–H groups in total. The normalized spacial score (nSPS) is 10.8. The van der Waals surface area contributed by atoms with Crippen LogP contribution in [0.2, 0.25) is 0 Å². The Morgan fingerprint density at radius 2 is 2.14 bits per heavy atom. The van der Waals surface area contributed by atoms with Gasteiger partial charge in [0.2, 0.25) is 0 Å². The molecular formula is C11H10BrNO. The fraction of sp³-hybridized carbons (Fsp3) is 0.182. The fourth-order valence-corrected chi connectivity index (χ4v) is 1.97. The Bertz CT molecular complexity index is 513. The van der Waals surface area contributed by atoms with Crippen LogP contribution in [0, 0.1) is 6.92 Å². The number of halogens is 1. The van der Waals surface area contributed by atoms with Crippen LogP contribution in [-0.4, -0.2) is 10.9 Å². The van der Waals surface area contributed by atoms with Crippen molar-refractivity contribution in [2.45, 2.75) is 6.92 Å². The second-order valence-corrected chi connectivity index (χ2v) is 4.29. The molecule has 2 rings (SSSR count). The fourth-order valence-electron chi connectivity index (χ4n) is 1.63. The zero-order valence-corrected chi connectivity index (χ0v) is 9.63. The molecule has 0 bridgehead atoms. The predicted molar refractivity (Wildman–Crippen MR) is 60.7 cm³/mol. The second-order valence-electron chi connectivity index (χ2n) is 3.43. The summed E-state index contributed by atoms with van der Waals surface area (Å²) in [6, 6.07) is 4.07. The highest BCUT2D eigenvalue weighted by molar-refractivity contribution is 9.10. The molecular weight excluding hydrogens is 242 g/mol. The molecule has 0 amide bonds. The lowest BCUT2D eigenvalue weighted by molar-refractivity contribution is 0.112. The standard InChI is InChI=1S/C11H10BrNO/c1-7-3-11-9(4-10(7)12)8(6-14)5-13(11)2/h3-6H,1-2H3. The number of carbonyl (C=O) groups excluding carboxylic acids is 1. The van der Waals surface area contributed by atoms with Crippen molar-refractivity contribution in [3.8, 4) is 0 Å². The van der Waals surface area contributed by atoms with Crippen LogP contribution in [0.15, 0.2) is 22.8 Å². The average molecular weight is 252 g/mol. The summed E-state index contributed by atoms with van der Waals surface area (Å²) >= 11 is 3.46. The van der Waals surface area contributed by atoms with Crippen molar-refractivity contribution in [1.82, 2.24) is 4.57 Å². The van der Waals surface area contributed by atoms with E-state index in [9.17, 15) is 4.79 Å². The molecule has 0 aliphatic carbocycles. The molecule has 0 aliphatic rings. The molecule has 0 spiro atoms. The first-order valence-electron chi connectivity index (χ1n) is 4.34. The third-order valence-electron chi connectivity index (χ3n) is 2.43. The van der Waals surface area contributed by atoms with Gasteiger partial charge in [0.15, 0.2) is 6.29 Å². The van der Waals surface area contributed by atoms with Gasteiger partial charge in [-0.05, 0) is 24.6 Å². The van der Waals surface area contributed by atoms with Gasteiger partial charge < -0.3 is 4.57 Å². The van der Waals surface area contributed by atoms with Gasteiger partial charge in [0, 0.05) is 34.2 Å². The molecule has 0 unspecified atom stereocenters. The smallest absolute Gasteiger partial charge is 0.152 e. The van der Waals surface area contributed by atoms with E-state index in [1.54, 1.807) is 0 Å². The largest absolute Gasteiger partial charge is 0.350 e. The predicted octanol–water partition coefficient (Wildman–Crippen LogP) is 3.06. The van der Waals surface area contributed by atoms with E-state index < -0.39 is 0 Å². The number of nitrogens with zero attached hydrogens (tertiary/aromatic N) is 1. The lowest BCUT2D eigenvalue weighted by Gasteiger charge is -2.00. The van der Waals surface area contributed by atoms with Crippen LogP contribution in [-0.2, 0) is 7.05 Å². The molecule has 14 heavy (non-hydrogen) atoms. The van der Waals surface area contributed by atoms with Gasteiger partial charge in [-0.15, -0.1) is 0 Å². The van der Waals surface area contributed by atoms with Gasteiger partial charge in [-0.2, -0.15) is 0 Å². The van der Waals surface area contributed by atoms with Crippen molar-refractivity contribution in [3.63, 3.8) is 0 Å². The Kier molecular flexibility index (Phi) is 2.19. The van der Waals surface area contributed by atoms with Gasteiger partial charge in [-0.3, -0.25) is 4.79 Å². The molecule has 0 radical (unpaired) electrons. The number of rotatable bonds is 1. The van der Waals surface area contributed by atoms with Crippen LogP contribution in [0.5, 0.6) is 0 Å². The van der Waals surface area contributed by atoms with Gasteiger partial charge in [0.05, 0.1) is 0 Å². The number of aromatic nitrogens is 1. The lowest BCUT2D eigenvalue weighted by atomic mass is 10.1. The third kappa shape index (κ3) is 1.28. The van der Waals surface area contributed by atoms with Gasteiger partial charge in [0.1, 0.15) is 0 Å². The minimum absolute atomic E-state index is 0.739. The zero-order chi connectivity index (χ0) is 10.3. The topological polar surface area (TPSA) is 22.0 Å². The highest BCUT2D eigenvalue weighted by atomic mass is 79.9. The van der Waals surface area contributed by atoms with Crippen molar-refractivity contribution in [2.75, 3.05) is 0 Å². The monoisotopic (exact) mass is 251 g/mol. The van der Waals surface area contributed by atoms with E-state index in [-0.39, 0.29) is 0 Å². The third-order valence-corrected chi connectivity index (χ3v) is 3.28. The minimum atomic E-state index is 0.739. The van der Waals surface area contributed by atoms with Gasteiger partial charge in [0.25, 0.3) is 0 Å². The maximum absolute atomic E-state index is 10.8. The number of hydrogen-bond donors (Lipinski definition) is 0. The molecule has 0 aliphatic heterocycles. The van der Waals surface area contributed by atoms with Crippen LogP contribution < -0.4 is 0 Å². The Labute approximate surface area is 90.7 Å². The highest BCUT2D eigenvalue weighted by Gasteiger charge is 2.07. The van der Waals surface area contributed by atoms with Crippen LogP contribution in [0.1, 0.15) is 15.9 Å². The van der Waals surface area contributed by atoms with E-state index >= 15 is 0 Å². The van der Waals surface area contributed by atoms with Crippen LogP contribution in [0.4, 0.5) is 0 Å². The summed E-state index contributed by atoms with van der Waals surface area (Å²) in [6.07, 6.45) is 2.74. The zero-order valence-electron chi connectivity index (χ0n) is 8.04. The molecule has 0 saturated carbocycles. The molecule has 72 valence electrons. The summed E-state index contributed by atoms with van der Waals surface area (Å²) in [5.41, 5.74) is 3.01. The number of benzene rings is 1. The van der Waals surface area contributed by atoms with Gasteiger partial charge in [-0.25, -0.2) is 0 Å². The van der Waals surface area contributed by atoms with Crippen molar-refractivity contribution in [3.05, 3.63) is 33.9 Å². The van der Waals surface area contributed by atoms with Crippen molar-refractivity contribution >= 4 is 33.1 Å². The summed E-state index contributed by atoms with van der Waals surface area (Å²) in [5.74, 6) is 0. The highest BCUT2D eigenvalue weighted by Crippen LogP contribution is 2.26. The van der Waals surface area contributed by atoms with Crippen LogP contribution in [0.3, 0.4) is 0 Å². The Morgan fingerprint density at radius 1 is 1.43 bits per heavy atom. The Hall–Kier alpha value is -1.09. The van der Waals surface area contributed by atoms with E-state index in [0.717, 1.165) is 27.2 Å². The molecule has 0 saturated heterocycles. The van der Waals surface area contributed by atoms with Gasteiger partial charge in [-0.1, -0.05) is 15.9 Å². The van der Waals surface area contributed by atoms with Crippen molar-refractivity contribution in [1.29, 1.82) is 0 Å². The summed E-state index contributed by atoms with van der Waals surface area (Å²) in [4.78, 5) is 10.8. The quantitative estimate of drug-likeness (QED) is 0.715. The lowest BCUT2D eigenvalue weighted by Crippen LogP contribution is -1.84. The first-order chi connectivity index (χ1) is 6.63. The maximum atomic E-state index is 10.8. The molecule has 1 heterocycles. The van der Waals surface area contributed by atoms with E-state index in [1.165, 1.54) is 5.56 Å². The van der Waals surface area contributed by atoms with Crippen molar-refractivity contribution in [2.24, 2.45) is 7.05 Å². The molecule has 2 aromatic rings. The van der Waals surface area contributed by atoms with Crippen LogP contribution in [0.25, 0.3) is 10.9 Å². The van der Waals surface area contributed by atoms with Crippen LogP contribution >= 0.6 is 15.9 Å². The van der Waals surface area contributed by atoms with E-state index in [1.807, 2.05) is 30.8 Å². The van der Waals surface area contributed by atoms with Crippen molar-refractivity contribution < 1.29 is 4.79 Å². The minimum Gasteiger partial charge on any atom is -0.350 e. The van der Waals surface area contributed by atoms with Gasteiger partial charge >= 0.3 is 0 Å². The summed E-state index contributed by atoms with van der Waals surface area (Å²) in [5, 5.41) is 1.000. The molecule has 3 heteroatoms. The van der Waals surface area contributed by atoms with E-state index in [4.69, 9.17) is 0 Å². The summed E-state index contributed by atoms with van der Waals surface area (Å²) in [7, 11) is 1.95. The molecule has 0 fully saturated rings. The molecule has 1 aromatic heterocycles. The maximum Gasteiger partial charge on any atom is 0.152 e. The Morgan fingerprint density at radius 3 is 2.79 bits per heavy atom. The first kappa shape index (κ1) is 9.46. The number of aldehydes is 1. The SMILES string of the molecule is Cc1cc2c(cc1Br)c(C=O)cn2C. The van der Waals surface area contributed by atoms with E-state index in [2.05, 4.69) is 22.0 Å². The number of hydrogen-bond acceptors (Lipinski definition) is 1. The summed E-state index contributed by atoms with van der Waals surface area (Å²) in [6.45, 7) is 2.04. The molecule has 2 nitrogen and oxygen atoms in total. The molecule has 1 aromatic carbocycles. The number of aryl methyl sites for hydroxylation is 2. The second kappa shape index (κ2) is 3.24.